The van der Waals surface area contributed by atoms with Gasteiger partial charge in [0, 0.05) is 33.8 Å². The maximum Gasteiger partial charge on any atom is 0.269 e. The number of rotatable bonds is 7. The quantitative estimate of drug-likeness (QED) is 0.118. The Morgan fingerprint density at radius 2 is 1.03 bits per heavy atom. The average Bonchev–Trinajstić information content (AvgIpc) is 1.22. The number of para-hydroxylation sites is 4. The Morgan fingerprint density at radius 1 is 0.430 bits per heavy atom. The fraction of sp³-hybridized carbons (Fsp3) is 0.100. The summed E-state index contributed by atoms with van der Waals surface area (Å²) in [5.74, 6) is 2.15. The fourth-order valence-corrected chi connectivity index (χ4v) is 13.2. The molecule has 6 heteroatoms. The zero-order valence-corrected chi connectivity index (χ0v) is 48.6. The number of pyridine rings is 1. The van der Waals surface area contributed by atoms with Gasteiger partial charge >= 0.3 is 0 Å². The number of imidazole rings is 1. The van der Waals surface area contributed by atoms with Gasteiger partial charge in [0.05, 0.1) is 57.0 Å². The molecule has 0 fully saturated rings. The molecule has 412 valence electrons. The van der Waals surface area contributed by atoms with Crippen molar-refractivity contribution in [3.05, 3.63) is 278 Å². The molecule has 6 nitrogen and oxygen atoms in total. The number of fused-ring (bicyclic) bond motifs is 13. The first-order valence-electron chi connectivity index (χ1n) is 31.9. The molecular weight excluding hydrogens is 1050 g/mol. The summed E-state index contributed by atoms with van der Waals surface area (Å²) in [6.45, 7) is 13.4. The summed E-state index contributed by atoms with van der Waals surface area (Å²) in [6.07, 6.45) is 5.95. The first-order chi connectivity index (χ1) is 44.0. The van der Waals surface area contributed by atoms with E-state index in [1.165, 1.54) is 11.1 Å². The van der Waals surface area contributed by atoms with Gasteiger partial charge in [-0.3, -0.25) is 13.7 Å². The van der Waals surface area contributed by atoms with Crippen molar-refractivity contribution in [1.82, 2.24) is 18.7 Å². The van der Waals surface area contributed by atoms with E-state index >= 15 is 0 Å². The average molecular weight is 1110 g/mol. The minimum absolute atomic E-state index is 0.0730. The lowest BCUT2D eigenvalue weighted by molar-refractivity contribution is -0.571. The largest absolute Gasteiger partial charge is 0.458 e. The van der Waals surface area contributed by atoms with Crippen LogP contribution in [-0.4, -0.2) is 18.7 Å². The SMILES string of the molecule is [2H]c1c([2H])c([2H])c(-c2cccc3c2-c2ccccc2-c2cc(-c4ccc(C(C)(C)C)cc4)cc4c2[n+]([c-]n4-c2cccc(Oc4ccc5c6ccccc6n(-c6cc(C(C)(C)C)ccn6)c5c4)c2)-c2c-3cccc2-n2c3ccccc3c3ccccc32)c([2H])c1[2H]. The van der Waals surface area contributed by atoms with Gasteiger partial charge in [0.15, 0.2) is 0 Å². The van der Waals surface area contributed by atoms with Crippen LogP contribution >= 0.6 is 0 Å². The number of hydrogen-bond acceptors (Lipinski definition) is 2. The molecule has 0 saturated carbocycles. The molecule has 11 aromatic carbocycles. The van der Waals surface area contributed by atoms with Crippen molar-refractivity contribution in [3.63, 3.8) is 0 Å². The van der Waals surface area contributed by atoms with Crippen molar-refractivity contribution in [1.29, 1.82) is 0 Å². The molecule has 16 rings (SSSR count). The van der Waals surface area contributed by atoms with E-state index in [9.17, 15) is 2.74 Å². The van der Waals surface area contributed by atoms with Crippen LogP contribution in [-0.2, 0) is 10.8 Å². The van der Waals surface area contributed by atoms with Crippen molar-refractivity contribution < 1.29 is 16.2 Å². The second kappa shape index (κ2) is 19.5. The lowest BCUT2D eigenvalue weighted by atomic mass is 9.83. The maximum absolute atomic E-state index is 9.49. The van der Waals surface area contributed by atoms with Crippen molar-refractivity contribution >= 4 is 54.6 Å². The molecule has 0 radical (unpaired) electrons. The molecule has 86 heavy (non-hydrogen) atoms. The molecule has 0 spiro atoms. The van der Waals surface area contributed by atoms with Crippen molar-refractivity contribution in [3.8, 4) is 90.0 Å². The Hall–Kier alpha value is -10.6. The van der Waals surface area contributed by atoms with Crippen molar-refractivity contribution in [2.75, 3.05) is 0 Å². The normalized spacial score (nSPS) is 13.1. The molecule has 0 amide bonds. The summed E-state index contributed by atoms with van der Waals surface area (Å²) in [6, 6.07) is 76.7. The third-order valence-electron chi connectivity index (χ3n) is 17.3. The third kappa shape index (κ3) is 8.23. The van der Waals surface area contributed by atoms with E-state index in [0.717, 1.165) is 122 Å². The minimum Gasteiger partial charge on any atom is -0.458 e. The van der Waals surface area contributed by atoms with Gasteiger partial charge in [0.2, 0.25) is 0 Å². The second-order valence-electron chi connectivity index (χ2n) is 24.6. The maximum atomic E-state index is 9.49. The number of ether oxygens (including phenoxy) is 1. The van der Waals surface area contributed by atoms with E-state index in [2.05, 4.69) is 254 Å². The molecule has 0 atom stereocenters. The molecule has 1 aliphatic rings. The fourth-order valence-electron chi connectivity index (χ4n) is 13.2. The molecule has 0 bridgehead atoms. The van der Waals surface area contributed by atoms with Crippen LogP contribution in [0.15, 0.2) is 261 Å². The van der Waals surface area contributed by atoms with Crippen LogP contribution in [0, 0.1) is 6.33 Å². The van der Waals surface area contributed by atoms with Gasteiger partial charge in [-0.15, -0.1) is 0 Å². The van der Waals surface area contributed by atoms with Crippen LogP contribution in [0.4, 0.5) is 0 Å². The van der Waals surface area contributed by atoms with Gasteiger partial charge in [0.1, 0.15) is 17.3 Å². The Labute approximate surface area is 507 Å². The molecular formula is C80H61N5O. The highest BCUT2D eigenvalue weighted by Crippen LogP contribution is 2.50. The zero-order valence-electron chi connectivity index (χ0n) is 53.6. The predicted molar refractivity (Wildman–Crippen MR) is 355 cm³/mol. The highest BCUT2D eigenvalue weighted by molar-refractivity contribution is 6.12. The van der Waals surface area contributed by atoms with Crippen LogP contribution in [0.3, 0.4) is 0 Å². The molecule has 1 aliphatic heterocycles. The highest BCUT2D eigenvalue weighted by Gasteiger charge is 2.30. The number of nitrogens with zero attached hydrogens (tertiary/aromatic N) is 5. The van der Waals surface area contributed by atoms with Gasteiger partial charge in [0.25, 0.3) is 6.33 Å². The van der Waals surface area contributed by atoms with E-state index in [0.29, 0.717) is 17.1 Å². The molecule has 4 aromatic heterocycles. The van der Waals surface area contributed by atoms with E-state index in [4.69, 9.17) is 13.8 Å². The highest BCUT2D eigenvalue weighted by atomic mass is 16.5. The Kier molecular flexibility index (Phi) is 10.4. The summed E-state index contributed by atoms with van der Waals surface area (Å²) < 4.78 is 61.6. The van der Waals surface area contributed by atoms with E-state index < -0.39 is 18.1 Å². The number of benzene rings is 11. The van der Waals surface area contributed by atoms with E-state index in [1.807, 2.05) is 42.6 Å². The standard InChI is InChI=1S/C80H61N5O/c1-79(2,3)54-39-37-51(38-40-54)53-45-68-60-25-10-11-29-65(60)76-59(52-21-8-7-9-22-52)30-19-31-66(76)67-32-20-36-72(84-69-33-15-12-26-61(69)62-27-13-16-34-70(62)84)77(67)83-50-82(74(46-53)78(68)83)56-23-18-24-57(48-56)86-58-41-42-64-63-28-14-17-35-71(63)85(73(64)49-58)75-47-55(43-44-81-75)80(4,5)6/h7-49H,1-6H3/i7D,8D,9D,21D,22D. The van der Waals surface area contributed by atoms with Crippen LogP contribution in [0.2, 0.25) is 0 Å². The summed E-state index contributed by atoms with van der Waals surface area (Å²) in [4.78, 5) is 4.95. The first-order valence-corrected chi connectivity index (χ1v) is 29.4. The first kappa shape index (κ1) is 45.9. The van der Waals surface area contributed by atoms with Crippen LogP contribution in [0.5, 0.6) is 11.5 Å². The number of hydrogen-bond donors (Lipinski definition) is 0. The molecule has 15 aromatic rings. The molecule has 5 heterocycles. The third-order valence-corrected chi connectivity index (χ3v) is 17.3. The van der Waals surface area contributed by atoms with Gasteiger partial charge in [-0.05, 0) is 150 Å². The Bertz CT molecular complexity index is 5460. The number of aromatic nitrogens is 5. The Morgan fingerprint density at radius 3 is 1.76 bits per heavy atom. The molecule has 0 unspecified atom stereocenters. The molecule has 0 N–H and O–H groups in total. The van der Waals surface area contributed by atoms with Crippen LogP contribution < -0.4 is 9.30 Å². The smallest absolute Gasteiger partial charge is 0.269 e. The van der Waals surface area contributed by atoms with Gasteiger partial charge < -0.3 is 9.30 Å². The lowest BCUT2D eigenvalue weighted by Crippen LogP contribution is -2.32. The molecule has 0 saturated heterocycles. The van der Waals surface area contributed by atoms with Crippen LogP contribution in [0.1, 0.15) is 59.5 Å². The second-order valence-corrected chi connectivity index (χ2v) is 24.6. The minimum atomic E-state index is -0.441. The van der Waals surface area contributed by atoms with Gasteiger partial charge in [-0.2, -0.15) is 0 Å². The monoisotopic (exact) mass is 1110 g/mol. The van der Waals surface area contributed by atoms with Gasteiger partial charge in [-0.1, -0.05) is 217 Å². The van der Waals surface area contributed by atoms with Gasteiger partial charge in [-0.25, -0.2) is 4.98 Å². The van der Waals surface area contributed by atoms with Crippen molar-refractivity contribution in [2.24, 2.45) is 0 Å². The molecule has 0 aliphatic carbocycles. The summed E-state index contributed by atoms with van der Waals surface area (Å²) in [7, 11) is 0. The topological polar surface area (TPSA) is 40.8 Å². The van der Waals surface area contributed by atoms with Crippen molar-refractivity contribution in [2.45, 2.75) is 52.4 Å². The summed E-state index contributed by atoms with van der Waals surface area (Å²) in [5, 5.41) is 4.45. The predicted octanol–water partition coefficient (Wildman–Crippen LogP) is 20.3. The Balaban J connectivity index is 0.984. The van der Waals surface area contributed by atoms with E-state index in [-0.39, 0.29) is 28.5 Å². The lowest BCUT2D eigenvalue weighted by Gasteiger charge is -2.21. The van der Waals surface area contributed by atoms with Crippen LogP contribution in [0.25, 0.3) is 133 Å². The summed E-state index contributed by atoms with van der Waals surface area (Å²) >= 11 is 0. The summed E-state index contributed by atoms with van der Waals surface area (Å²) in [5.41, 5.74) is 18.3. The van der Waals surface area contributed by atoms with E-state index in [1.54, 1.807) is 0 Å². The zero-order chi connectivity index (χ0) is 62.4.